The maximum atomic E-state index is 11.8. The lowest BCUT2D eigenvalue weighted by Gasteiger charge is -2.31. The molecule has 1 aromatic heterocycles. The number of aliphatic hydroxyl groups is 1. The molecule has 0 aliphatic carbocycles. The maximum absolute atomic E-state index is 11.8. The normalized spacial score (nSPS) is 17.3. The van der Waals surface area contributed by atoms with Crippen molar-refractivity contribution in [3.63, 3.8) is 0 Å². The van der Waals surface area contributed by atoms with Crippen LogP contribution >= 0.6 is 0 Å². The molecule has 1 aliphatic rings. The molecule has 1 saturated heterocycles. The van der Waals surface area contributed by atoms with Crippen molar-refractivity contribution in [3.8, 4) is 5.75 Å². The van der Waals surface area contributed by atoms with E-state index in [0.717, 1.165) is 37.5 Å². The molecule has 118 valence electrons. The second kappa shape index (κ2) is 7.09. The zero-order chi connectivity index (χ0) is 15.4. The fraction of sp³-hybridized carbons (Fsp3) is 0.688. The Morgan fingerprint density at radius 3 is 2.62 bits per heavy atom. The van der Waals surface area contributed by atoms with Gasteiger partial charge in [0.2, 0.25) is 5.43 Å². The van der Waals surface area contributed by atoms with E-state index in [1.807, 2.05) is 11.5 Å². The second-order valence-corrected chi connectivity index (χ2v) is 6.13. The zero-order valence-corrected chi connectivity index (χ0v) is 13.0. The Kier molecular flexibility index (Phi) is 5.42. The van der Waals surface area contributed by atoms with Crippen molar-refractivity contribution in [3.05, 3.63) is 27.7 Å². The van der Waals surface area contributed by atoms with E-state index < -0.39 is 0 Å². The zero-order valence-electron chi connectivity index (χ0n) is 13.0. The number of nitrogens with zero attached hydrogens (tertiary/aromatic N) is 2. The third-order valence-corrected chi connectivity index (χ3v) is 4.39. The van der Waals surface area contributed by atoms with Gasteiger partial charge < -0.3 is 14.8 Å². The van der Waals surface area contributed by atoms with Crippen LogP contribution in [0.3, 0.4) is 0 Å². The number of aromatic nitrogens is 1. The van der Waals surface area contributed by atoms with E-state index in [-0.39, 0.29) is 17.8 Å². The molecule has 0 atom stereocenters. The molecule has 0 spiro atoms. The Morgan fingerprint density at radius 2 is 2.00 bits per heavy atom. The lowest BCUT2D eigenvalue weighted by Crippen LogP contribution is -2.34. The molecular formula is C16H26N2O3. The molecule has 2 rings (SSSR count). The van der Waals surface area contributed by atoms with Crippen molar-refractivity contribution >= 4 is 0 Å². The van der Waals surface area contributed by atoms with E-state index >= 15 is 0 Å². The predicted octanol–water partition coefficient (Wildman–Crippen LogP) is 1.48. The summed E-state index contributed by atoms with van der Waals surface area (Å²) in [6, 6.07) is 1.47. The fourth-order valence-corrected chi connectivity index (χ4v) is 2.95. The van der Waals surface area contributed by atoms with E-state index in [2.05, 4.69) is 11.8 Å². The van der Waals surface area contributed by atoms with Crippen molar-refractivity contribution < 1.29 is 10.2 Å². The SMILES string of the molecule is Cc1cc(=O)c(O)c(CN2CCC(C)CC2)n1CCCO. The smallest absolute Gasteiger partial charge is 0.223 e. The molecule has 5 nitrogen and oxygen atoms in total. The molecule has 0 unspecified atom stereocenters. The highest BCUT2D eigenvalue weighted by Gasteiger charge is 2.20. The monoisotopic (exact) mass is 294 g/mol. The van der Waals surface area contributed by atoms with Crippen molar-refractivity contribution in [1.82, 2.24) is 9.47 Å². The van der Waals surface area contributed by atoms with E-state index in [0.29, 0.717) is 25.2 Å². The molecule has 2 N–H and O–H groups in total. The minimum absolute atomic E-state index is 0.104. The maximum Gasteiger partial charge on any atom is 0.223 e. The number of rotatable bonds is 5. The van der Waals surface area contributed by atoms with Gasteiger partial charge in [0.05, 0.1) is 5.69 Å². The lowest BCUT2D eigenvalue weighted by atomic mass is 9.99. The average Bonchev–Trinajstić information content (AvgIpc) is 2.46. The largest absolute Gasteiger partial charge is 0.503 e. The van der Waals surface area contributed by atoms with Gasteiger partial charge in [0, 0.05) is 31.5 Å². The van der Waals surface area contributed by atoms with E-state index in [1.54, 1.807) is 0 Å². The topological polar surface area (TPSA) is 65.7 Å². The van der Waals surface area contributed by atoms with Gasteiger partial charge in [0.15, 0.2) is 5.75 Å². The molecule has 5 heteroatoms. The van der Waals surface area contributed by atoms with Gasteiger partial charge in [-0.15, -0.1) is 0 Å². The highest BCUT2D eigenvalue weighted by molar-refractivity contribution is 5.29. The molecule has 21 heavy (non-hydrogen) atoms. The number of likely N-dealkylation sites (tertiary alicyclic amines) is 1. The predicted molar refractivity (Wildman–Crippen MR) is 82.5 cm³/mol. The third-order valence-electron chi connectivity index (χ3n) is 4.39. The molecular weight excluding hydrogens is 268 g/mol. The first-order valence-electron chi connectivity index (χ1n) is 7.78. The average molecular weight is 294 g/mol. The second-order valence-electron chi connectivity index (χ2n) is 6.13. The summed E-state index contributed by atoms with van der Waals surface area (Å²) in [5, 5.41) is 19.2. The summed E-state index contributed by atoms with van der Waals surface area (Å²) in [7, 11) is 0. The van der Waals surface area contributed by atoms with Crippen molar-refractivity contribution in [2.75, 3.05) is 19.7 Å². The van der Waals surface area contributed by atoms with Gasteiger partial charge in [-0.2, -0.15) is 0 Å². The summed E-state index contributed by atoms with van der Waals surface area (Å²) in [6.45, 7) is 7.47. The highest BCUT2D eigenvalue weighted by Crippen LogP contribution is 2.22. The van der Waals surface area contributed by atoms with Gasteiger partial charge in [0.25, 0.3) is 0 Å². The minimum atomic E-state index is -0.312. The van der Waals surface area contributed by atoms with Crippen LogP contribution in [0, 0.1) is 12.8 Å². The fourth-order valence-electron chi connectivity index (χ4n) is 2.95. The first kappa shape index (κ1) is 16.0. The van der Waals surface area contributed by atoms with Crippen LogP contribution in [0.2, 0.25) is 0 Å². The number of aryl methyl sites for hydroxylation is 1. The first-order valence-corrected chi connectivity index (χ1v) is 7.78. The lowest BCUT2D eigenvalue weighted by molar-refractivity contribution is 0.178. The van der Waals surface area contributed by atoms with Crippen molar-refractivity contribution in [1.29, 1.82) is 0 Å². The van der Waals surface area contributed by atoms with Crippen LogP contribution in [-0.2, 0) is 13.1 Å². The quantitative estimate of drug-likeness (QED) is 0.863. The standard InChI is InChI=1S/C16H26N2O3/c1-12-4-7-17(8-5-12)11-14-16(21)15(20)10-13(2)18(14)6-3-9-19/h10,12,19,21H,3-9,11H2,1-2H3. The Morgan fingerprint density at radius 1 is 1.33 bits per heavy atom. The summed E-state index contributed by atoms with van der Waals surface area (Å²) in [5.74, 6) is 0.612. The molecule has 0 aromatic carbocycles. The molecule has 0 amide bonds. The molecule has 0 radical (unpaired) electrons. The summed E-state index contributed by atoms with van der Waals surface area (Å²) >= 11 is 0. The van der Waals surface area contributed by atoms with E-state index in [4.69, 9.17) is 5.11 Å². The van der Waals surface area contributed by atoms with Gasteiger partial charge in [0.1, 0.15) is 0 Å². The molecule has 0 bridgehead atoms. The van der Waals surface area contributed by atoms with Crippen LogP contribution in [0.1, 0.15) is 37.6 Å². The van der Waals surface area contributed by atoms with Gasteiger partial charge in [-0.25, -0.2) is 0 Å². The highest BCUT2D eigenvalue weighted by atomic mass is 16.3. The number of hydrogen-bond donors (Lipinski definition) is 2. The van der Waals surface area contributed by atoms with Crippen LogP contribution in [0.5, 0.6) is 5.75 Å². The third kappa shape index (κ3) is 3.86. The molecule has 2 heterocycles. The Labute approximate surface area is 125 Å². The summed E-state index contributed by atoms with van der Waals surface area (Å²) in [6.07, 6.45) is 2.94. The summed E-state index contributed by atoms with van der Waals surface area (Å²) in [5.41, 5.74) is 1.21. The Balaban J connectivity index is 2.25. The number of pyridine rings is 1. The van der Waals surface area contributed by atoms with Gasteiger partial charge in [-0.3, -0.25) is 9.69 Å². The van der Waals surface area contributed by atoms with Crippen LogP contribution < -0.4 is 5.43 Å². The number of hydrogen-bond acceptors (Lipinski definition) is 4. The van der Waals surface area contributed by atoms with Crippen LogP contribution in [0.15, 0.2) is 10.9 Å². The van der Waals surface area contributed by atoms with E-state index in [9.17, 15) is 9.90 Å². The number of aromatic hydroxyl groups is 1. The Bertz CT molecular complexity index is 531. The van der Waals surface area contributed by atoms with Crippen molar-refractivity contribution in [2.45, 2.75) is 46.2 Å². The van der Waals surface area contributed by atoms with Gasteiger partial charge in [-0.05, 0) is 45.2 Å². The first-order chi connectivity index (χ1) is 10.0. The molecule has 1 aliphatic heterocycles. The molecule has 1 aromatic rings. The number of piperidine rings is 1. The van der Waals surface area contributed by atoms with Gasteiger partial charge >= 0.3 is 0 Å². The van der Waals surface area contributed by atoms with Crippen LogP contribution in [0.25, 0.3) is 0 Å². The van der Waals surface area contributed by atoms with Gasteiger partial charge in [-0.1, -0.05) is 6.92 Å². The van der Waals surface area contributed by atoms with E-state index in [1.165, 1.54) is 6.07 Å². The van der Waals surface area contributed by atoms with Crippen LogP contribution in [-0.4, -0.2) is 39.4 Å². The minimum Gasteiger partial charge on any atom is -0.503 e. The summed E-state index contributed by atoms with van der Waals surface area (Å²) < 4.78 is 1.96. The van der Waals surface area contributed by atoms with Crippen LogP contribution in [0.4, 0.5) is 0 Å². The van der Waals surface area contributed by atoms with Crippen molar-refractivity contribution in [2.24, 2.45) is 5.92 Å². The molecule has 0 saturated carbocycles. The Hall–Kier alpha value is -1.33. The number of aliphatic hydroxyl groups excluding tert-OH is 1. The molecule has 1 fully saturated rings. The summed E-state index contributed by atoms with van der Waals surface area (Å²) in [4.78, 5) is 14.1.